The van der Waals surface area contributed by atoms with E-state index in [4.69, 9.17) is 4.74 Å². The third-order valence-electron chi connectivity index (χ3n) is 6.74. The van der Waals surface area contributed by atoms with Crippen LogP contribution in [0.4, 0.5) is 10.2 Å². The average molecular weight is 461 g/mol. The number of halogens is 1. The molecular formula is C26H25FN4O3. The van der Waals surface area contributed by atoms with Gasteiger partial charge < -0.3 is 25.2 Å². The van der Waals surface area contributed by atoms with Crippen LogP contribution in [0.5, 0.6) is 11.8 Å². The monoisotopic (exact) mass is 460 g/mol. The molecule has 2 aliphatic heterocycles. The Labute approximate surface area is 195 Å². The van der Waals surface area contributed by atoms with Crippen LogP contribution in [-0.2, 0) is 0 Å². The normalized spacial score (nSPS) is 19.8. The number of fused-ring (bicyclic) bond motifs is 4. The molecule has 2 aliphatic rings. The van der Waals surface area contributed by atoms with Crippen molar-refractivity contribution in [2.24, 2.45) is 0 Å². The molecule has 1 aromatic heterocycles. The fraction of sp³-hybridized carbons (Fsp3) is 0.308. The Balaban J connectivity index is 1.54. The number of nitrogens with zero attached hydrogens (tertiary/aromatic N) is 3. The minimum absolute atomic E-state index is 0.0241. The molecule has 0 radical (unpaired) electrons. The van der Waals surface area contributed by atoms with E-state index in [1.807, 2.05) is 30.3 Å². The van der Waals surface area contributed by atoms with Crippen LogP contribution in [0.3, 0.4) is 0 Å². The zero-order chi connectivity index (χ0) is 23.2. The van der Waals surface area contributed by atoms with Crippen LogP contribution >= 0.6 is 0 Å². The Morgan fingerprint density at radius 1 is 1.00 bits per heavy atom. The zero-order valence-corrected chi connectivity index (χ0v) is 18.5. The highest BCUT2D eigenvalue weighted by molar-refractivity contribution is 6.01. The minimum atomic E-state index is -0.496. The molecule has 3 heterocycles. The molecule has 34 heavy (non-hydrogen) atoms. The number of aliphatic hydroxyl groups excluding tert-OH is 1. The number of phenolic OH excluding ortho intramolecular Hbond substituents is 1. The molecule has 2 saturated heterocycles. The first-order chi connectivity index (χ1) is 16.6. The van der Waals surface area contributed by atoms with Gasteiger partial charge in [-0.05, 0) is 47.4 Å². The number of hydrogen-bond acceptors (Lipinski definition) is 7. The van der Waals surface area contributed by atoms with Crippen LogP contribution in [0.2, 0.25) is 0 Å². The summed E-state index contributed by atoms with van der Waals surface area (Å²) in [6, 6.07) is 15.2. The molecule has 0 amide bonds. The van der Waals surface area contributed by atoms with Crippen molar-refractivity contribution in [2.75, 3.05) is 31.2 Å². The Morgan fingerprint density at radius 3 is 2.59 bits per heavy atom. The van der Waals surface area contributed by atoms with E-state index < -0.39 is 5.82 Å². The lowest BCUT2D eigenvalue weighted by atomic mass is 9.96. The van der Waals surface area contributed by atoms with Crippen LogP contribution in [0.25, 0.3) is 32.8 Å². The Morgan fingerprint density at radius 2 is 1.79 bits per heavy atom. The van der Waals surface area contributed by atoms with E-state index in [0.29, 0.717) is 34.4 Å². The summed E-state index contributed by atoms with van der Waals surface area (Å²) in [5.74, 6) is 0.214. The van der Waals surface area contributed by atoms with Gasteiger partial charge in [-0.25, -0.2) is 4.39 Å². The van der Waals surface area contributed by atoms with Gasteiger partial charge in [0.2, 0.25) is 0 Å². The highest BCUT2D eigenvalue weighted by Gasteiger charge is 2.34. The molecule has 2 unspecified atom stereocenters. The highest BCUT2D eigenvalue weighted by Crippen LogP contribution is 2.38. The number of phenols is 1. The fourth-order valence-electron chi connectivity index (χ4n) is 5.26. The summed E-state index contributed by atoms with van der Waals surface area (Å²) in [6.45, 7) is 1.40. The van der Waals surface area contributed by atoms with Gasteiger partial charge in [-0.15, -0.1) is 0 Å². The summed E-state index contributed by atoms with van der Waals surface area (Å²) in [4.78, 5) is 11.2. The van der Waals surface area contributed by atoms with Crippen LogP contribution < -0.4 is 15.0 Å². The first-order valence-electron chi connectivity index (χ1n) is 11.6. The number of ether oxygens (including phenoxy) is 1. The van der Waals surface area contributed by atoms with E-state index in [1.54, 1.807) is 18.2 Å². The zero-order valence-electron chi connectivity index (χ0n) is 18.5. The number of benzene rings is 3. The predicted molar refractivity (Wildman–Crippen MR) is 129 cm³/mol. The minimum Gasteiger partial charge on any atom is -0.508 e. The molecule has 6 rings (SSSR count). The molecule has 8 heteroatoms. The van der Waals surface area contributed by atoms with Crippen LogP contribution in [-0.4, -0.2) is 58.6 Å². The molecule has 174 valence electrons. The van der Waals surface area contributed by atoms with Crippen LogP contribution in [0.1, 0.15) is 12.8 Å². The summed E-state index contributed by atoms with van der Waals surface area (Å²) in [6.07, 6.45) is 2.22. The van der Waals surface area contributed by atoms with Crippen molar-refractivity contribution < 1.29 is 19.3 Å². The van der Waals surface area contributed by atoms with Crippen molar-refractivity contribution in [1.29, 1.82) is 0 Å². The van der Waals surface area contributed by atoms with E-state index in [1.165, 1.54) is 0 Å². The van der Waals surface area contributed by atoms with E-state index in [-0.39, 0.29) is 30.5 Å². The number of nitrogens with one attached hydrogen (secondary N) is 1. The first-order valence-corrected chi connectivity index (χ1v) is 11.6. The van der Waals surface area contributed by atoms with Crippen molar-refractivity contribution in [3.05, 3.63) is 54.3 Å². The molecule has 4 aromatic rings. The maximum Gasteiger partial charge on any atom is 0.319 e. The summed E-state index contributed by atoms with van der Waals surface area (Å²) < 4.78 is 21.7. The Hall–Kier alpha value is -3.49. The third-order valence-corrected chi connectivity index (χ3v) is 6.74. The van der Waals surface area contributed by atoms with Gasteiger partial charge in [0.15, 0.2) is 5.82 Å². The third kappa shape index (κ3) is 3.59. The van der Waals surface area contributed by atoms with Gasteiger partial charge in [0, 0.05) is 36.1 Å². The quantitative estimate of drug-likeness (QED) is 0.419. The van der Waals surface area contributed by atoms with Gasteiger partial charge in [0.05, 0.1) is 6.61 Å². The van der Waals surface area contributed by atoms with Gasteiger partial charge in [-0.1, -0.05) is 30.3 Å². The number of aromatic nitrogens is 2. The standard InChI is InChI=1S/C26H25FN4O3/c27-23-20(22-12-18(33)11-15-3-1-2-4-19(15)22)7-8-21-24(23)29-26(34-10-9-32)30-25(21)31-13-16-5-6-17(14-31)28-16/h1-4,7-8,11-12,16-17,28,32-33H,5-6,9-10,13-14H2. The highest BCUT2D eigenvalue weighted by atomic mass is 19.1. The molecule has 0 spiro atoms. The Bertz CT molecular complexity index is 1380. The second kappa shape index (κ2) is 8.38. The van der Waals surface area contributed by atoms with Gasteiger partial charge in [-0.2, -0.15) is 9.97 Å². The molecule has 0 aliphatic carbocycles. The number of aromatic hydroxyl groups is 1. The second-order valence-electron chi connectivity index (χ2n) is 8.98. The lowest BCUT2D eigenvalue weighted by Crippen LogP contribution is -2.51. The lowest BCUT2D eigenvalue weighted by molar-refractivity contribution is 0.192. The van der Waals surface area contributed by atoms with Crippen molar-refractivity contribution >= 4 is 27.5 Å². The molecular weight excluding hydrogens is 435 g/mol. The topological polar surface area (TPSA) is 90.7 Å². The number of aliphatic hydroxyl groups is 1. The molecule has 3 aromatic carbocycles. The largest absolute Gasteiger partial charge is 0.508 e. The maximum atomic E-state index is 16.1. The molecule has 2 bridgehead atoms. The number of anilines is 1. The van der Waals surface area contributed by atoms with Crippen molar-refractivity contribution in [1.82, 2.24) is 15.3 Å². The Kier molecular flexibility index (Phi) is 5.19. The fourth-order valence-corrected chi connectivity index (χ4v) is 5.26. The van der Waals surface area contributed by atoms with Gasteiger partial charge in [-0.3, -0.25) is 0 Å². The van der Waals surface area contributed by atoms with E-state index in [9.17, 15) is 10.2 Å². The lowest BCUT2D eigenvalue weighted by Gasteiger charge is -2.34. The molecule has 3 N–H and O–H groups in total. The van der Waals surface area contributed by atoms with Gasteiger partial charge in [0.25, 0.3) is 0 Å². The van der Waals surface area contributed by atoms with E-state index >= 15 is 4.39 Å². The summed E-state index contributed by atoms with van der Waals surface area (Å²) >= 11 is 0. The van der Waals surface area contributed by atoms with Crippen LogP contribution in [0, 0.1) is 5.82 Å². The van der Waals surface area contributed by atoms with Crippen molar-refractivity contribution in [2.45, 2.75) is 24.9 Å². The second-order valence-corrected chi connectivity index (χ2v) is 8.98. The molecule has 0 saturated carbocycles. The number of piperazine rings is 1. The first kappa shape index (κ1) is 21.1. The van der Waals surface area contributed by atoms with Crippen molar-refractivity contribution in [3.8, 4) is 22.9 Å². The number of rotatable bonds is 5. The van der Waals surface area contributed by atoms with E-state index in [0.717, 1.165) is 36.7 Å². The summed E-state index contributed by atoms with van der Waals surface area (Å²) in [5.41, 5.74) is 1.10. The smallest absolute Gasteiger partial charge is 0.319 e. The predicted octanol–water partition coefficient (Wildman–Crippen LogP) is 3.61. The van der Waals surface area contributed by atoms with Crippen LogP contribution in [0.15, 0.2) is 48.5 Å². The van der Waals surface area contributed by atoms with Gasteiger partial charge in [0.1, 0.15) is 23.7 Å². The van der Waals surface area contributed by atoms with Crippen molar-refractivity contribution in [3.63, 3.8) is 0 Å². The average Bonchev–Trinajstić information content (AvgIpc) is 3.19. The SMILES string of the molecule is OCCOc1nc(N2CC3CCC(C2)N3)c2ccc(-c3cc(O)cc4ccccc34)c(F)c2n1. The molecule has 7 nitrogen and oxygen atoms in total. The summed E-state index contributed by atoms with van der Waals surface area (Å²) in [7, 11) is 0. The molecule has 2 atom stereocenters. The van der Waals surface area contributed by atoms with E-state index in [2.05, 4.69) is 20.2 Å². The number of hydrogen-bond donors (Lipinski definition) is 3. The molecule has 2 fully saturated rings. The van der Waals surface area contributed by atoms with Gasteiger partial charge >= 0.3 is 6.01 Å². The maximum absolute atomic E-state index is 16.1. The summed E-state index contributed by atoms with van der Waals surface area (Å²) in [5, 5.41) is 25.4.